The Morgan fingerprint density at radius 1 is 1.41 bits per heavy atom. The zero-order valence-corrected chi connectivity index (χ0v) is 10.9. The van der Waals surface area contributed by atoms with Crippen molar-refractivity contribution in [3.05, 3.63) is 33.4 Å². The zero-order chi connectivity index (χ0) is 12.6. The monoisotopic (exact) mass is 271 g/mol. The summed E-state index contributed by atoms with van der Waals surface area (Å²) in [6.07, 6.45) is 0. The van der Waals surface area contributed by atoms with Crippen LogP contribution in [0.1, 0.15) is 23.0 Å². The zero-order valence-electron chi connectivity index (χ0n) is 9.43. The van der Waals surface area contributed by atoms with E-state index in [1.807, 2.05) is 13.0 Å². The molecule has 1 heterocycles. The second-order valence-electron chi connectivity index (χ2n) is 3.63. The molecule has 0 aliphatic carbocycles. The Kier molecular flexibility index (Phi) is 3.31. The van der Waals surface area contributed by atoms with E-state index in [0.29, 0.717) is 27.9 Å². The molecular weight excluding hydrogens is 261 g/mol. The van der Waals surface area contributed by atoms with Crippen LogP contribution in [0.2, 0.25) is 10.0 Å². The van der Waals surface area contributed by atoms with E-state index in [9.17, 15) is 4.79 Å². The molecule has 0 fully saturated rings. The molecule has 3 nitrogen and oxygen atoms in total. The van der Waals surface area contributed by atoms with Crippen LogP contribution in [0.4, 0.5) is 0 Å². The smallest absolute Gasteiger partial charge is 0.355 e. The molecule has 90 valence electrons. The lowest BCUT2D eigenvalue weighted by molar-refractivity contribution is 0.0520. The van der Waals surface area contributed by atoms with Crippen molar-refractivity contribution in [2.24, 2.45) is 0 Å². The summed E-state index contributed by atoms with van der Waals surface area (Å²) in [6.45, 7) is 3.94. The Balaban J connectivity index is 2.64. The van der Waals surface area contributed by atoms with Crippen LogP contribution in [0, 0.1) is 6.92 Å². The van der Waals surface area contributed by atoms with Gasteiger partial charge in [-0.25, -0.2) is 4.79 Å². The van der Waals surface area contributed by atoms with Crippen molar-refractivity contribution in [1.29, 1.82) is 0 Å². The summed E-state index contributed by atoms with van der Waals surface area (Å²) in [4.78, 5) is 14.7. The van der Waals surface area contributed by atoms with Crippen LogP contribution >= 0.6 is 23.2 Å². The first-order chi connectivity index (χ1) is 8.06. The van der Waals surface area contributed by atoms with E-state index in [1.54, 1.807) is 13.0 Å². The summed E-state index contributed by atoms with van der Waals surface area (Å²) in [6, 6.07) is 3.54. The van der Waals surface area contributed by atoms with Crippen molar-refractivity contribution in [2.45, 2.75) is 13.8 Å². The number of carbonyl (C=O) groups is 1. The number of aryl methyl sites for hydroxylation is 1. The lowest BCUT2D eigenvalue weighted by Gasteiger charge is -1.99. The van der Waals surface area contributed by atoms with Gasteiger partial charge in [-0.3, -0.25) is 0 Å². The molecule has 1 aromatic heterocycles. The summed E-state index contributed by atoms with van der Waals surface area (Å²) in [5.74, 6) is -0.381. The van der Waals surface area contributed by atoms with E-state index >= 15 is 0 Å². The van der Waals surface area contributed by atoms with Gasteiger partial charge in [-0.2, -0.15) is 0 Å². The van der Waals surface area contributed by atoms with Crippen LogP contribution < -0.4 is 0 Å². The lowest BCUT2D eigenvalue weighted by atomic mass is 10.1. The van der Waals surface area contributed by atoms with Gasteiger partial charge < -0.3 is 9.72 Å². The number of hydrogen-bond donors (Lipinski definition) is 1. The molecule has 0 atom stereocenters. The summed E-state index contributed by atoms with van der Waals surface area (Å²) in [5.41, 5.74) is 1.91. The highest BCUT2D eigenvalue weighted by atomic mass is 35.5. The van der Waals surface area contributed by atoms with Gasteiger partial charge in [0, 0.05) is 5.39 Å². The van der Waals surface area contributed by atoms with E-state index in [-0.39, 0.29) is 5.97 Å². The Morgan fingerprint density at radius 3 is 2.76 bits per heavy atom. The molecule has 17 heavy (non-hydrogen) atoms. The molecule has 1 aromatic carbocycles. The van der Waals surface area contributed by atoms with E-state index in [0.717, 1.165) is 10.9 Å². The van der Waals surface area contributed by atoms with Gasteiger partial charge in [0.25, 0.3) is 0 Å². The number of hydrogen-bond acceptors (Lipinski definition) is 2. The van der Waals surface area contributed by atoms with E-state index in [4.69, 9.17) is 27.9 Å². The highest BCUT2D eigenvalue weighted by Gasteiger charge is 2.17. The third kappa shape index (κ3) is 2.01. The summed E-state index contributed by atoms with van der Waals surface area (Å²) >= 11 is 12.0. The first-order valence-corrected chi connectivity index (χ1v) is 5.95. The number of carbonyl (C=O) groups excluding carboxylic acids is 1. The normalized spacial score (nSPS) is 10.8. The number of esters is 1. The minimum absolute atomic E-state index is 0.335. The van der Waals surface area contributed by atoms with Gasteiger partial charge in [0.1, 0.15) is 5.69 Å². The van der Waals surface area contributed by atoms with Crippen LogP contribution in [0.5, 0.6) is 0 Å². The van der Waals surface area contributed by atoms with E-state index in [1.165, 1.54) is 0 Å². The average molecular weight is 272 g/mol. The number of aromatic amines is 1. The molecule has 1 N–H and O–H groups in total. The van der Waals surface area contributed by atoms with Crippen molar-refractivity contribution >= 4 is 40.1 Å². The minimum Gasteiger partial charge on any atom is -0.461 e. The quantitative estimate of drug-likeness (QED) is 0.841. The highest BCUT2D eigenvalue weighted by Crippen LogP contribution is 2.33. The Labute approximate surface area is 109 Å². The van der Waals surface area contributed by atoms with Crippen molar-refractivity contribution in [3.63, 3.8) is 0 Å². The molecule has 0 amide bonds. The van der Waals surface area contributed by atoms with Gasteiger partial charge in [-0.15, -0.1) is 0 Å². The maximum atomic E-state index is 11.7. The Hall–Kier alpha value is -1.19. The van der Waals surface area contributed by atoms with Crippen molar-refractivity contribution in [3.8, 4) is 0 Å². The molecule has 5 heteroatoms. The number of H-pyrrole nitrogens is 1. The van der Waals surface area contributed by atoms with Crippen LogP contribution in [-0.4, -0.2) is 17.6 Å². The maximum absolute atomic E-state index is 11.7. The highest BCUT2D eigenvalue weighted by molar-refractivity contribution is 6.45. The molecule has 0 saturated heterocycles. The van der Waals surface area contributed by atoms with E-state index in [2.05, 4.69) is 4.98 Å². The van der Waals surface area contributed by atoms with Gasteiger partial charge in [0.05, 0.1) is 22.2 Å². The van der Waals surface area contributed by atoms with E-state index < -0.39 is 0 Å². The second-order valence-corrected chi connectivity index (χ2v) is 4.41. The number of nitrogens with one attached hydrogen (secondary N) is 1. The SMILES string of the molecule is CCOC(=O)c1[nH]c2c(Cl)c(Cl)ccc2c1C. The van der Waals surface area contributed by atoms with Crippen LogP contribution in [0.25, 0.3) is 10.9 Å². The average Bonchev–Trinajstić information content (AvgIpc) is 2.63. The number of aromatic nitrogens is 1. The second kappa shape index (κ2) is 4.59. The standard InChI is InChI=1S/C12H11Cl2NO2/c1-3-17-12(16)10-6(2)7-4-5-8(13)9(14)11(7)15-10/h4-5,15H,3H2,1-2H3. The fourth-order valence-electron chi connectivity index (χ4n) is 1.75. The minimum atomic E-state index is -0.381. The molecule has 0 unspecified atom stereocenters. The molecule has 0 radical (unpaired) electrons. The largest absolute Gasteiger partial charge is 0.461 e. The predicted molar refractivity (Wildman–Crippen MR) is 69.0 cm³/mol. The molecule has 0 saturated carbocycles. The van der Waals surface area contributed by atoms with Crippen molar-refractivity contribution in [2.75, 3.05) is 6.61 Å². The number of fused-ring (bicyclic) bond motifs is 1. The molecule has 0 aliphatic rings. The molecule has 0 spiro atoms. The third-order valence-electron chi connectivity index (χ3n) is 2.60. The summed E-state index contributed by atoms with van der Waals surface area (Å²) in [7, 11) is 0. The summed E-state index contributed by atoms with van der Waals surface area (Å²) in [5, 5.41) is 1.75. The van der Waals surface area contributed by atoms with Crippen molar-refractivity contribution < 1.29 is 9.53 Å². The van der Waals surface area contributed by atoms with Gasteiger partial charge >= 0.3 is 5.97 Å². The topological polar surface area (TPSA) is 42.1 Å². The Bertz CT molecular complexity index is 590. The number of ether oxygens (including phenoxy) is 1. The predicted octanol–water partition coefficient (Wildman–Crippen LogP) is 3.96. The molecule has 0 bridgehead atoms. The van der Waals surface area contributed by atoms with Crippen molar-refractivity contribution in [1.82, 2.24) is 4.98 Å². The van der Waals surface area contributed by atoms with Gasteiger partial charge in [0.15, 0.2) is 0 Å². The fourth-order valence-corrected chi connectivity index (χ4v) is 2.12. The fraction of sp³-hybridized carbons (Fsp3) is 0.250. The molecule has 2 aromatic rings. The molecule has 0 aliphatic heterocycles. The van der Waals surface area contributed by atoms with Crippen LogP contribution in [0.3, 0.4) is 0 Å². The maximum Gasteiger partial charge on any atom is 0.355 e. The Morgan fingerprint density at radius 2 is 2.12 bits per heavy atom. The first-order valence-electron chi connectivity index (χ1n) is 5.19. The van der Waals surface area contributed by atoms with Gasteiger partial charge in [-0.05, 0) is 25.5 Å². The molecular formula is C12H11Cl2NO2. The van der Waals surface area contributed by atoms with Crippen LogP contribution in [-0.2, 0) is 4.74 Å². The first kappa shape index (κ1) is 12.3. The number of rotatable bonds is 2. The number of halogens is 2. The number of benzene rings is 1. The summed E-state index contributed by atoms with van der Waals surface area (Å²) < 4.78 is 4.96. The van der Waals surface area contributed by atoms with Gasteiger partial charge in [-0.1, -0.05) is 29.3 Å². The molecule has 2 rings (SSSR count). The van der Waals surface area contributed by atoms with Crippen LogP contribution in [0.15, 0.2) is 12.1 Å². The third-order valence-corrected chi connectivity index (χ3v) is 3.41. The van der Waals surface area contributed by atoms with Gasteiger partial charge in [0.2, 0.25) is 0 Å². The lowest BCUT2D eigenvalue weighted by Crippen LogP contribution is -2.06.